The second-order valence-corrected chi connectivity index (χ2v) is 6.61. The number of anilines is 2. The van der Waals surface area contributed by atoms with Crippen LogP contribution in [0.2, 0.25) is 0 Å². The van der Waals surface area contributed by atoms with Crippen LogP contribution in [-0.2, 0) is 4.79 Å². The molecule has 0 bridgehead atoms. The van der Waals surface area contributed by atoms with Crippen molar-refractivity contribution in [3.63, 3.8) is 0 Å². The van der Waals surface area contributed by atoms with Crippen molar-refractivity contribution in [2.45, 2.75) is 12.5 Å². The largest absolute Gasteiger partial charge is 0.453 e. The smallest absolute Gasteiger partial charge is 0.245 e. The van der Waals surface area contributed by atoms with E-state index in [0.717, 1.165) is 31.0 Å². The normalized spacial score (nSPS) is 19.4. The minimum Gasteiger partial charge on any atom is -0.453 e. The highest BCUT2D eigenvalue weighted by molar-refractivity contribution is 6.05. The van der Waals surface area contributed by atoms with Crippen molar-refractivity contribution < 1.29 is 14.6 Å². The van der Waals surface area contributed by atoms with Crippen molar-refractivity contribution in [2.75, 3.05) is 37.7 Å². The van der Waals surface area contributed by atoms with Crippen LogP contribution in [0.4, 0.5) is 11.4 Å². The summed E-state index contributed by atoms with van der Waals surface area (Å²) in [5, 5.41) is 12.6. The van der Waals surface area contributed by atoms with Gasteiger partial charge in [0.15, 0.2) is 11.5 Å². The van der Waals surface area contributed by atoms with Crippen molar-refractivity contribution in [3.8, 4) is 11.5 Å². The Hall–Kier alpha value is -2.41. The number of aliphatic hydroxyl groups is 1. The number of amides is 1. The number of para-hydroxylation sites is 4. The maximum absolute atomic E-state index is 13.3. The Bertz CT molecular complexity index is 748. The third-order valence-corrected chi connectivity index (χ3v) is 4.95. The zero-order valence-corrected chi connectivity index (χ0v) is 14.6. The van der Waals surface area contributed by atoms with Crippen LogP contribution < -0.4 is 15.0 Å². The zero-order chi connectivity index (χ0) is 17.9. The fourth-order valence-corrected chi connectivity index (χ4v) is 3.66. The molecule has 2 aromatic rings. The molecule has 0 radical (unpaired) electrons. The van der Waals surface area contributed by atoms with Gasteiger partial charge in [0.05, 0.1) is 17.9 Å². The average molecular weight is 353 g/mol. The highest BCUT2D eigenvalue weighted by Crippen LogP contribution is 2.46. The summed E-state index contributed by atoms with van der Waals surface area (Å²) < 4.78 is 5.96. The van der Waals surface area contributed by atoms with Crippen LogP contribution in [0.5, 0.6) is 11.5 Å². The second-order valence-electron chi connectivity index (χ2n) is 6.61. The number of aliphatic hydroxyl groups excluding tert-OH is 1. The number of hydrogen-bond acceptors (Lipinski definition) is 5. The van der Waals surface area contributed by atoms with Crippen molar-refractivity contribution >= 4 is 17.3 Å². The Balaban J connectivity index is 1.63. The van der Waals surface area contributed by atoms with Crippen LogP contribution in [-0.4, -0.2) is 54.7 Å². The van der Waals surface area contributed by atoms with Gasteiger partial charge in [-0.15, -0.1) is 0 Å². The molecule has 1 amide bonds. The number of carbonyl (C=O) groups excluding carboxylic acids is 1. The lowest BCUT2D eigenvalue weighted by atomic mass is 10.1. The van der Waals surface area contributed by atoms with Gasteiger partial charge in [-0.1, -0.05) is 24.3 Å². The first-order valence-electron chi connectivity index (χ1n) is 9.02. The Kier molecular flexibility index (Phi) is 4.88. The molecular weight excluding hydrogens is 330 g/mol. The Morgan fingerprint density at radius 3 is 2.42 bits per heavy atom. The molecule has 2 heterocycles. The number of carbonyl (C=O) groups is 1. The molecule has 136 valence electrons. The number of benzene rings is 2. The van der Waals surface area contributed by atoms with Gasteiger partial charge >= 0.3 is 0 Å². The van der Waals surface area contributed by atoms with Crippen molar-refractivity contribution in [1.29, 1.82) is 0 Å². The van der Waals surface area contributed by atoms with E-state index in [4.69, 9.17) is 4.74 Å². The lowest BCUT2D eigenvalue weighted by Gasteiger charge is -2.38. The molecule has 1 atom stereocenters. The molecule has 2 aliphatic rings. The van der Waals surface area contributed by atoms with Crippen LogP contribution in [0.15, 0.2) is 48.5 Å². The first-order valence-corrected chi connectivity index (χ1v) is 9.02. The van der Waals surface area contributed by atoms with Gasteiger partial charge in [-0.3, -0.25) is 14.6 Å². The van der Waals surface area contributed by atoms with E-state index >= 15 is 0 Å². The molecule has 1 saturated heterocycles. The zero-order valence-electron chi connectivity index (χ0n) is 14.6. The monoisotopic (exact) mass is 353 g/mol. The van der Waals surface area contributed by atoms with Gasteiger partial charge in [0.25, 0.3) is 0 Å². The van der Waals surface area contributed by atoms with E-state index in [9.17, 15) is 9.90 Å². The van der Waals surface area contributed by atoms with Gasteiger partial charge in [0.1, 0.15) is 0 Å². The number of hydrogen-bond donors (Lipinski definition) is 2. The summed E-state index contributed by atoms with van der Waals surface area (Å²) in [6.07, 6.45) is 0.663. The van der Waals surface area contributed by atoms with Gasteiger partial charge < -0.3 is 15.2 Å². The van der Waals surface area contributed by atoms with Gasteiger partial charge in [0, 0.05) is 32.3 Å². The van der Waals surface area contributed by atoms with Crippen LogP contribution in [0.3, 0.4) is 0 Å². The van der Waals surface area contributed by atoms with E-state index in [1.165, 1.54) is 0 Å². The minimum atomic E-state index is 0.0121. The summed E-state index contributed by atoms with van der Waals surface area (Å²) in [6, 6.07) is 15.4. The van der Waals surface area contributed by atoms with Gasteiger partial charge in [-0.05, 0) is 30.7 Å². The van der Waals surface area contributed by atoms with Crippen molar-refractivity contribution in [3.05, 3.63) is 48.5 Å². The number of rotatable bonds is 4. The first kappa shape index (κ1) is 17.0. The third-order valence-electron chi connectivity index (χ3n) is 4.95. The van der Waals surface area contributed by atoms with Gasteiger partial charge in [-0.25, -0.2) is 0 Å². The summed E-state index contributed by atoms with van der Waals surface area (Å²) in [6.45, 7) is 2.88. The number of ether oxygens (including phenoxy) is 1. The highest BCUT2D eigenvalue weighted by atomic mass is 16.5. The van der Waals surface area contributed by atoms with E-state index in [2.05, 4.69) is 10.2 Å². The quantitative estimate of drug-likeness (QED) is 0.881. The number of piperazine rings is 1. The molecule has 1 fully saturated rings. The molecule has 4 rings (SSSR count). The molecule has 0 spiro atoms. The van der Waals surface area contributed by atoms with Crippen LogP contribution in [0.1, 0.15) is 6.42 Å². The lowest BCUT2D eigenvalue weighted by Crippen LogP contribution is -2.54. The summed E-state index contributed by atoms with van der Waals surface area (Å²) in [7, 11) is 0. The standard InChI is InChI=1S/C20H23N3O3/c24-12-9-15-13-21-10-11-22(15)14-20(25)23-16-5-1-3-7-18(16)26-19-8-4-2-6-17(19)23/h1-8,15,21,24H,9-14H2. The maximum Gasteiger partial charge on any atom is 0.245 e. The summed E-state index contributed by atoms with van der Waals surface area (Å²) in [5.74, 6) is 1.39. The van der Waals surface area contributed by atoms with E-state index in [0.29, 0.717) is 24.5 Å². The fourth-order valence-electron chi connectivity index (χ4n) is 3.66. The predicted molar refractivity (Wildman–Crippen MR) is 100 cm³/mol. The summed E-state index contributed by atoms with van der Waals surface area (Å²) >= 11 is 0. The van der Waals surface area contributed by atoms with E-state index in [1.807, 2.05) is 48.5 Å². The van der Waals surface area contributed by atoms with Gasteiger partial charge in [0.2, 0.25) is 5.91 Å². The molecule has 1 unspecified atom stereocenters. The van der Waals surface area contributed by atoms with E-state index in [-0.39, 0.29) is 18.6 Å². The summed E-state index contributed by atoms with van der Waals surface area (Å²) in [5.41, 5.74) is 1.54. The van der Waals surface area contributed by atoms with Crippen LogP contribution in [0.25, 0.3) is 0 Å². The first-order chi connectivity index (χ1) is 12.8. The van der Waals surface area contributed by atoms with Crippen molar-refractivity contribution in [1.82, 2.24) is 10.2 Å². The fraction of sp³-hybridized carbons (Fsp3) is 0.350. The highest BCUT2D eigenvalue weighted by Gasteiger charge is 2.31. The molecule has 0 saturated carbocycles. The molecule has 6 nitrogen and oxygen atoms in total. The lowest BCUT2D eigenvalue weighted by molar-refractivity contribution is -0.120. The number of fused-ring (bicyclic) bond motifs is 2. The third kappa shape index (κ3) is 3.19. The molecule has 0 aromatic heterocycles. The molecule has 0 aliphatic carbocycles. The second kappa shape index (κ2) is 7.45. The SMILES string of the molecule is O=C(CN1CCNCC1CCO)N1c2ccccc2Oc2ccccc21. The Morgan fingerprint density at radius 2 is 1.77 bits per heavy atom. The van der Waals surface area contributed by atoms with Gasteiger partial charge in [-0.2, -0.15) is 0 Å². The molecule has 2 N–H and O–H groups in total. The van der Waals surface area contributed by atoms with Crippen molar-refractivity contribution in [2.24, 2.45) is 0 Å². The van der Waals surface area contributed by atoms with E-state index in [1.54, 1.807) is 4.90 Å². The van der Waals surface area contributed by atoms with E-state index < -0.39 is 0 Å². The number of nitrogens with one attached hydrogen (secondary N) is 1. The number of nitrogens with zero attached hydrogens (tertiary/aromatic N) is 2. The molecule has 26 heavy (non-hydrogen) atoms. The molecular formula is C20H23N3O3. The average Bonchev–Trinajstić information content (AvgIpc) is 2.67. The Labute approximate surface area is 153 Å². The molecule has 2 aliphatic heterocycles. The Morgan fingerprint density at radius 1 is 1.12 bits per heavy atom. The molecule has 6 heteroatoms. The minimum absolute atomic E-state index is 0.0121. The predicted octanol–water partition coefficient (Wildman–Crippen LogP) is 2.11. The topological polar surface area (TPSA) is 65.0 Å². The summed E-state index contributed by atoms with van der Waals surface area (Å²) in [4.78, 5) is 17.2. The maximum atomic E-state index is 13.3. The van der Waals surface area contributed by atoms with Crippen LogP contribution >= 0.6 is 0 Å². The van der Waals surface area contributed by atoms with Crippen LogP contribution in [0, 0.1) is 0 Å². The molecule has 2 aromatic carbocycles.